The second-order valence-electron chi connectivity index (χ2n) is 6.20. The lowest BCUT2D eigenvalue weighted by Crippen LogP contribution is -2.32. The van der Waals surface area contributed by atoms with E-state index in [2.05, 4.69) is 51.4 Å². The highest BCUT2D eigenvalue weighted by atomic mass is 15.1. The van der Waals surface area contributed by atoms with Gasteiger partial charge >= 0.3 is 0 Å². The maximum Gasteiger partial charge on any atom is 0.0457 e. The summed E-state index contributed by atoms with van der Waals surface area (Å²) in [4.78, 5) is 10.2. The van der Waals surface area contributed by atoms with Crippen molar-refractivity contribution >= 4 is 10.9 Å². The van der Waals surface area contributed by atoms with E-state index in [1.807, 2.05) is 18.5 Å². The molecule has 0 radical (unpaired) electrons. The molecule has 1 aromatic carbocycles. The fourth-order valence-electron chi connectivity index (χ4n) is 3.55. The van der Waals surface area contributed by atoms with E-state index in [1.54, 1.807) is 0 Å². The summed E-state index contributed by atoms with van der Waals surface area (Å²) in [7, 11) is 0. The van der Waals surface area contributed by atoms with Gasteiger partial charge in [-0.05, 0) is 55.1 Å². The molecule has 3 nitrogen and oxygen atoms in total. The summed E-state index contributed by atoms with van der Waals surface area (Å²) in [5, 5.41) is 1.36. The normalized spacial score (nSPS) is 17.1. The summed E-state index contributed by atoms with van der Waals surface area (Å²) in [5.41, 5.74) is 4.05. The molecule has 1 fully saturated rings. The average molecular weight is 291 g/mol. The molecule has 1 saturated heterocycles. The van der Waals surface area contributed by atoms with Crippen LogP contribution in [0.15, 0.2) is 55.0 Å². The maximum atomic E-state index is 4.26. The number of para-hydroxylation sites is 1. The number of nitrogens with zero attached hydrogens (tertiary/aromatic N) is 2. The number of pyridine rings is 1. The highest BCUT2D eigenvalue weighted by Crippen LogP contribution is 2.29. The first-order valence-corrected chi connectivity index (χ1v) is 8.07. The van der Waals surface area contributed by atoms with Gasteiger partial charge in [-0.2, -0.15) is 0 Å². The van der Waals surface area contributed by atoms with Crippen LogP contribution in [0.3, 0.4) is 0 Å². The number of hydrogen-bond acceptors (Lipinski definition) is 2. The predicted octanol–water partition coefficient (Wildman–Crippen LogP) is 3.94. The highest BCUT2D eigenvalue weighted by Gasteiger charge is 2.21. The Hall–Kier alpha value is -2.13. The summed E-state index contributed by atoms with van der Waals surface area (Å²) >= 11 is 0. The van der Waals surface area contributed by atoms with Crippen molar-refractivity contribution in [3.8, 4) is 0 Å². The minimum absolute atomic E-state index is 0.674. The molecule has 1 aliphatic heterocycles. The molecule has 22 heavy (non-hydrogen) atoms. The molecule has 3 aromatic rings. The lowest BCUT2D eigenvalue weighted by atomic mass is 9.90. The van der Waals surface area contributed by atoms with Gasteiger partial charge in [0.1, 0.15) is 0 Å². The van der Waals surface area contributed by atoms with E-state index in [4.69, 9.17) is 0 Å². The van der Waals surface area contributed by atoms with Crippen molar-refractivity contribution in [2.45, 2.75) is 25.3 Å². The van der Waals surface area contributed by atoms with Crippen LogP contribution in [-0.2, 0) is 6.54 Å². The first-order chi connectivity index (χ1) is 10.9. The zero-order valence-electron chi connectivity index (χ0n) is 12.7. The number of H-pyrrole nitrogens is 1. The summed E-state index contributed by atoms with van der Waals surface area (Å²) in [6.07, 6.45) is 8.51. The standard InChI is InChI=1S/C19H21N3/c1-2-6-19-18(5-1)17(13-21-19)14-22-10-7-15(8-11-22)16-4-3-9-20-12-16/h1-6,9,12-13,15,21H,7-8,10-11,14H2. The number of benzene rings is 1. The lowest BCUT2D eigenvalue weighted by molar-refractivity contribution is 0.205. The van der Waals surface area contributed by atoms with E-state index in [9.17, 15) is 0 Å². The third-order valence-corrected chi connectivity index (χ3v) is 4.81. The lowest BCUT2D eigenvalue weighted by Gasteiger charge is -2.31. The molecule has 0 atom stereocenters. The van der Waals surface area contributed by atoms with Gasteiger partial charge in [-0.15, -0.1) is 0 Å². The Morgan fingerprint density at radius 1 is 1.09 bits per heavy atom. The summed E-state index contributed by atoms with van der Waals surface area (Å²) < 4.78 is 0. The second kappa shape index (κ2) is 5.93. The third-order valence-electron chi connectivity index (χ3n) is 4.81. The van der Waals surface area contributed by atoms with Crippen LogP contribution in [0, 0.1) is 0 Å². The molecule has 0 aliphatic carbocycles. The van der Waals surface area contributed by atoms with Crippen molar-refractivity contribution in [1.82, 2.24) is 14.9 Å². The molecule has 0 bridgehead atoms. The van der Waals surface area contributed by atoms with Crippen LogP contribution in [0.4, 0.5) is 0 Å². The van der Waals surface area contributed by atoms with E-state index in [-0.39, 0.29) is 0 Å². The number of likely N-dealkylation sites (tertiary alicyclic amines) is 1. The molecule has 112 valence electrons. The molecule has 2 aromatic heterocycles. The number of piperidine rings is 1. The molecule has 0 unspecified atom stereocenters. The smallest absolute Gasteiger partial charge is 0.0457 e. The number of aromatic amines is 1. The minimum atomic E-state index is 0.674. The van der Waals surface area contributed by atoms with Gasteiger partial charge in [0.05, 0.1) is 0 Å². The number of nitrogens with one attached hydrogen (secondary N) is 1. The largest absolute Gasteiger partial charge is 0.361 e. The van der Waals surface area contributed by atoms with Gasteiger partial charge in [0, 0.05) is 36.0 Å². The first kappa shape index (κ1) is 13.5. The van der Waals surface area contributed by atoms with E-state index in [1.165, 1.54) is 48.0 Å². The predicted molar refractivity (Wildman–Crippen MR) is 89.8 cm³/mol. The molecule has 3 heteroatoms. The topological polar surface area (TPSA) is 31.9 Å². The van der Waals surface area contributed by atoms with Gasteiger partial charge in [0.15, 0.2) is 0 Å². The fraction of sp³-hybridized carbons (Fsp3) is 0.316. The quantitative estimate of drug-likeness (QED) is 0.792. The molecular formula is C19H21N3. The molecule has 1 aliphatic rings. The van der Waals surface area contributed by atoms with E-state index in [0.717, 1.165) is 6.54 Å². The van der Waals surface area contributed by atoms with Gasteiger partial charge in [-0.3, -0.25) is 9.88 Å². The SMILES string of the molecule is c1cncc(C2CCN(Cc3c[nH]c4ccccc34)CC2)c1. The number of aromatic nitrogens is 2. The summed E-state index contributed by atoms with van der Waals surface area (Å²) in [5.74, 6) is 0.674. The van der Waals surface area contributed by atoms with Crippen molar-refractivity contribution in [2.24, 2.45) is 0 Å². The van der Waals surface area contributed by atoms with Crippen molar-refractivity contribution in [1.29, 1.82) is 0 Å². The number of rotatable bonds is 3. The van der Waals surface area contributed by atoms with Crippen molar-refractivity contribution in [3.05, 3.63) is 66.1 Å². The number of hydrogen-bond donors (Lipinski definition) is 1. The monoisotopic (exact) mass is 291 g/mol. The van der Waals surface area contributed by atoms with Gasteiger partial charge in [-0.1, -0.05) is 24.3 Å². The zero-order chi connectivity index (χ0) is 14.8. The average Bonchev–Trinajstić information content (AvgIpc) is 3.00. The van der Waals surface area contributed by atoms with Gasteiger partial charge in [0.2, 0.25) is 0 Å². The van der Waals surface area contributed by atoms with E-state index < -0.39 is 0 Å². The van der Waals surface area contributed by atoms with Crippen molar-refractivity contribution in [2.75, 3.05) is 13.1 Å². The third kappa shape index (κ3) is 2.64. The Morgan fingerprint density at radius 2 is 1.95 bits per heavy atom. The van der Waals surface area contributed by atoms with Gasteiger partial charge in [0.25, 0.3) is 0 Å². The van der Waals surface area contributed by atoms with Crippen molar-refractivity contribution < 1.29 is 0 Å². The minimum Gasteiger partial charge on any atom is -0.361 e. The van der Waals surface area contributed by atoms with Crippen LogP contribution in [0.25, 0.3) is 10.9 Å². The number of fused-ring (bicyclic) bond motifs is 1. The Balaban J connectivity index is 1.42. The van der Waals surface area contributed by atoms with Crippen LogP contribution >= 0.6 is 0 Å². The van der Waals surface area contributed by atoms with Crippen LogP contribution in [0.1, 0.15) is 29.9 Å². The Kier molecular flexibility index (Phi) is 3.65. The Bertz CT molecular complexity index is 739. The molecule has 0 amide bonds. The van der Waals surface area contributed by atoms with Crippen molar-refractivity contribution in [3.63, 3.8) is 0 Å². The van der Waals surface area contributed by atoms with E-state index in [0.29, 0.717) is 5.92 Å². The molecule has 3 heterocycles. The van der Waals surface area contributed by atoms with Gasteiger partial charge < -0.3 is 4.98 Å². The van der Waals surface area contributed by atoms with Crippen LogP contribution in [-0.4, -0.2) is 28.0 Å². The Labute approximate surface area is 131 Å². The fourth-order valence-corrected chi connectivity index (χ4v) is 3.55. The second-order valence-corrected chi connectivity index (χ2v) is 6.20. The van der Waals surface area contributed by atoms with E-state index >= 15 is 0 Å². The molecule has 1 N–H and O–H groups in total. The molecular weight excluding hydrogens is 270 g/mol. The Morgan fingerprint density at radius 3 is 2.77 bits per heavy atom. The van der Waals surface area contributed by atoms with Crippen LogP contribution < -0.4 is 0 Å². The molecule has 0 spiro atoms. The highest BCUT2D eigenvalue weighted by molar-refractivity contribution is 5.82. The maximum absolute atomic E-state index is 4.26. The molecule has 4 rings (SSSR count). The van der Waals surface area contributed by atoms with Crippen LogP contribution in [0.2, 0.25) is 0 Å². The van der Waals surface area contributed by atoms with Crippen LogP contribution in [0.5, 0.6) is 0 Å². The molecule has 0 saturated carbocycles. The summed E-state index contributed by atoms with van der Waals surface area (Å²) in [6, 6.07) is 12.8. The zero-order valence-corrected chi connectivity index (χ0v) is 12.7. The van der Waals surface area contributed by atoms with Gasteiger partial charge in [-0.25, -0.2) is 0 Å². The first-order valence-electron chi connectivity index (χ1n) is 8.07. The summed E-state index contributed by atoms with van der Waals surface area (Å²) in [6.45, 7) is 3.38.